The second-order valence-corrected chi connectivity index (χ2v) is 6.74. The first kappa shape index (κ1) is 25.5. The van der Waals surface area contributed by atoms with Crippen LogP contribution in [0.4, 0.5) is 4.79 Å². The molecule has 8 N–H and O–H groups in total. The Bertz CT molecular complexity index is 785. The van der Waals surface area contributed by atoms with Crippen LogP contribution in [0.5, 0.6) is 0 Å². The van der Waals surface area contributed by atoms with E-state index < -0.39 is 42.1 Å². The van der Waals surface area contributed by atoms with Gasteiger partial charge in [-0.05, 0) is 25.6 Å². The van der Waals surface area contributed by atoms with Crippen LogP contribution in [0.1, 0.15) is 18.9 Å². The van der Waals surface area contributed by atoms with E-state index in [0.717, 1.165) is 5.56 Å². The first-order valence-corrected chi connectivity index (χ1v) is 9.36. The molecule has 0 heterocycles. The number of aliphatic hydroxyl groups excluding tert-OH is 1. The molecule has 2 unspecified atom stereocenters. The smallest absolute Gasteiger partial charge is 0.328 e. The molecule has 0 saturated heterocycles. The lowest BCUT2D eigenvalue weighted by Gasteiger charge is -2.21. The number of aliphatic hydroxyl groups is 1. The summed E-state index contributed by atoms with van der Waals surface area (Å²) < 4.78 is 0. The predicted octanol–water partition coefficient (Wildman–Crippen LogP) is -1.04. The van der Waals surface area contributed by atoms with Gasteiger partial charge in [0.15, 0.2) is 11.9 Å². The van der Waals surface area contributed by atoms with Crippen LogP contribution in [-0.2, 0) is 20.8 Å². The molecule has 1 aromatic rings. The minimum Gasteiger partial charge on any atom is -0.480 e. The van der Waals surface area contributed by atoms with Gasteiger partial charge < -0.3 is 37.2 Å². The molecule has 0 spiro atoms. The summed E-state index contributed by atoms with van der Waals surface area (Å²) in [4.78, 5) is 43.3. The Balaban J connectivity index is 2.71. The Labute approximate surface area is 179 Å². The molecule has 170 valence electrons. The van der Waals surface area contributed by atoms with E-state index >= 15 is 0 Å². The van der Waals surface area contributed by atoms with Gasteiger partial charge in [-0.25, -0.2) is 14.6 Å². The van der Waals surface area contributed by atoms with Crippen molar-refractivity contribution in [2.45, 2.75) is 44.0 Å². The highest BCUT2D eigenvalue weighted by Crippen LogP contribution is 2.04. The van der Waals surface area contributed by atoms with Crippen LogP contribution >= 0.6 is 0 Å². The van der Waals surface area contributed by atoms with Gasteiger partial charge in [0, 0.05) is 0 Å². The second kappa shape index (κ2) is 12.9. The summed E-state index contributed by atoms with van der Waals surface area (Å²) in [6, 6.07) is 5.39. The summed E-state index contributed by atoms with van der Waals surface area (Å²) in [7, 11) is 0. The van der Waals surface area contributed by atoms with Gasteiger partial charge in [0.2, 0.25) is 5.91 Å². The van der Waals surface area contributed by atoms with Crippen molar-refractivity contribution in [1.29, 1.82) is 0 Å². The molecule has 1 rings (SSSR count). The number of benzene rings is 1. The molecule has 12 heteroatoms. The molecule has 0 fully saturated rings. The Morgan fingerprint density at radius 3 is 2.39 bits per heavy atom. The van der Waals surface area contributed by atoms with E-state index in [1.807, 2.05) is 30.3 Å². The minimum absolute atomic E-state index is 0.117. The van der Waals surface area contributed by atoms with E-state index in [1.165, 1.54) is 6.92 Å². The summed E-state index contributed by atoms with van der Waals surface area (Å²) in [6.07, 6.45) is -1.21. The first-order valence-electron chi connectivity index (χ1n) is 9.36. The fraction of sp³-hybridized carbons (Fsp3) is 0.421. The number of rotatable bonds is 12. The van der Waals surface area contributed by atoms with Crippen molar-refractivity contribution in [3.05, 3.63) is 35.9 Å². The maximum Gasteiger partial charge on any atom is 0.328 e. The van der Waals surface area contributed by atoms with Gasteiger partial charge in [0.05, 0.1) is 24.6 Å². The normalized spacial score (nSPS) is 15.1. The van der Waals surface area contributed by atoms with E-state index in [0.29, 0.717) is 6.42 Å². The highest BCUT2D eigenvalue weighted by molar-refractivity contribution is 5.90. The van der Waals surface area contributed by atoms with Crippen molar-refractivity contribution in [1.82, 2.24) is 10.6 Å². The SMILES string of the molecule is C=N/C(=N\OC[C@H](CC(N)=O)NC(=O)NC(C(=O)O)C(C)O)[C@@H](N)Cc1ccccc1. The van der Waals surface area contributed by atoms with Gasteiger partial charge in [-0.15, -0.1) is 0 Å². The van der Waals surface area contributed by atoms with Crippen molar-refractivity contribution in [2.24, 2.45) is 21.6 Å². The molecule has 0 aliphatic carbocycles. The number of nitrogens with two attached hydrogens (primary N) is 2. The molecule has 0 saturated carbocycles. The lowest BCUT2D eigenvalue weighted by Crippen LogP contribution is -2.54. The summed E-state index contributed by atoms with van der Waals surface area (Å²) in [5.41, 5.74) is 12.2. The third-order valence-electron chi connectivity index (χ3n) is 4.04. The number of nitrogens with one attached hydrogen (secondary N) is 2. The van der Waals surface area contributed by atoms with Crippen molar-refractivity contribution < 1.29 is 29.4 Å². The van der Waals surface area contributed by atoms with Crippen LogP contribution in [0.2, 0.25) is 0 Å². The first-order chi connectivity index (χ1) is 14.6. The van der Waals surface area contributed by atoms with Crippen LogP contribution < -0.4 is 22.1 Å². The highest BCUT2D eigenvalue weighted by atomic mass is 16.6. The molecule has 12 nitrogen and oxygen atoms in total. The monoisotopic (exact) mass is 436 g/mol. The predicted molar refractivity (Wildman–Crippen MR) is 113 cm³/mol. The van der Waals surface area contributed by atoms with E-state index in [1.54, 1.807) is 0 Å². The number of aliphatic imine (C=N–C) groups is 1. The number of hydrogen-bond acceptors (Lipinski definition) is 7. The van der Waals surface area contributed by atoms with Gasteiger partial charge in [0.1, 0.15) is 6.61 Å². The van der Waals surface area contributed by atoms with Gasteiger partial charge in [-0.1, -0.05) is 35.5 Å². The largest absolute Gasteiger partial charge is 0.480 e. The third-order valence-corrected chi connectivity index (χ3v) is 4.04. The number of hydrogen-bond donors (Lipinski definition) is 6. The van der Waals surface area contributed by atoms with E-state index in [2.05, 4.69) is 27.5 Å². The summed E-state index contributed by atoms with van der Waals surface area (Å²) in [5.74, 6) is -2.04. The molecule has 31 heavy (non-hydrogen) atoms. The van der Waals surface area contributed by atoms with Crippen molar-refractivity contribution in [2.75, 3.05) is 6.61 Å². The minimum atomic E-state index is -1.54. The molecule has 3 amide bonds. The van der Waals surface area contributed by atoms with E-state index in [9.17, 15) is 19.5 Å². The zero-order valence-corrected chi connectivity index (χ0v) is 17.1. The fourth-order valence-corrected chi connectivity index (χ4v) is 2.52. The van der Waals surface area contributed by atoms with Crippen molar-refractivity contribution in [3.8, 4) is 0 Å². The zero-order valence-electron chi connectivity index (χ0n) is 17.1. The van der Waals surface area contributed by atoms with Crippen molar-refractivity contribution >= 4 is 30.5 Å². The van der Waals surface area contributed by atoms with Crippen LogP contribution in [0.3, 0.4) is 0 Å². The Kier molecular flexibility index (Phi) is 10.6. The number of carboxylic acids is 1. The lowest BCUT2D eigenvalue weighted by molar-refractivity contribution is -0.141. The number of nitrogens with zero attached hydrogens (tertiary/aromatic N) is 2. The number of carbonyl (C=O) groups excluding carboxylic acids is 2. The molecule has 0 bridgehead atoms. The quantitative estimate of drug-likeness (QED) is 0.136. The fourth-order valence-electron chi connectivity index (χ4n) is 2.52. The van der Waals surface area contributed by atoms with Crippen LogP contribution in [0.25, 0.3) is 0 Å². The molecule has 0 aromatic heterocycles. The number of carboxylic acid groups (broad SMARTS) is 1. The standard InChI is InChI=1S/C19H28N6O6/c1-11(26)16(18(28)29)24-19(30)23-13(9-15(21)27)10-31-25-17(22-2)14(20)8-12-6-4-3-5-7-12/h3-7,11,13-14,16,26H,2,8-10,20H2,1H3,(H2,21,27)(H,28,29)(H2,23,24,30)/b25-17-/t11?,13-,14-,16?/m0/s1. The number of aliphatic carboxylic acids is 1. The van der Waals surface area contributed by atoms with Gasteiger partial charge in [-0.2, -0.15) is 0 Å². The number of primary amides is 1. The van der Waals surface area contributed by atoms with Gasteiger partial charge >= 0.3 is 12.0 Å². The maximum absolute atomic E-state index is 12.0. The summed E-state index contributed by atoms with van der Waals surface area (Å²) in [5, 5.41) is 26.7. The van der Waals surface area contributed by atoms with Gasteiger partial charge in [0.25, 0.3) is 0 Å². The Hall–Kier alpha value is -3.51. The maximum atomic E-state index is 12.0. The lowest BCUT2D eigenvalue weighted by atomic mass is 10.1. The molecule has 0 radical (unpaired) electrons. The zero-order chi connectivity index (χ0) is 23.4. The molecule has 0 aliphatic heterocycles. The number of carbonyl (C=O) groups is 3. The Morgan fingerprint density at radius 1 is 1.23 bits per heavy atom. The number of amidine groups is 1. The molecule has 4 atom stereocenters. The van der Waals surface area contributed by atoms with E-state index in [4.69, 9.17) is 21.4 Å². The van der Waals surface area contributed by atoms with Crippen LogP contribution in [0.15, 0.2) is 40.5 Å². The topological polar surface area (TPSA) is 202 Å². The number of oxime groups is 1. The summed E-state index contributed by atoms with van der Waals surface area (Å²) >= 11 is 0. The van der Waals surface area contributed by atoms with Crippen molar-refractivity contribution in [3.63, 3.8) is 0 Å². The Morgan fingerprint density at radius 2 is 1.87 bits per heavy atom. The second-order valence-electron chi connectivity index (χ2n) is 6.74. The highest BCUT2D eigenvalue weighted by Gasteiger charge is 2.26. The van der Waals surface area contributed by atoms with Crippen LogP contribution in [-0.4, -0.2) is 71.5 Å². The molecule has 1 aromatic carbocycles. The van der Waals surface area contributed by atoms with Crippen LogP contribution in [0, 0.1) is 0 Å². The van der Waals surface area contributed by atoms with E-state index in [-0.39, 0.29) is 18.9 Å². The molecule has 0 aliphatic rings. The van der Waals surface area contributed by atoms with Gasteiger partial charge in [-0.3, -0.25) is 4.79 Å². The number of amides is 3. The third kappa shape index (κ3) is 9.69. The molecular formula is C19H28N6O6. The summed E-state index contributed by atoms with van der Waals surface area (Å²) in [6.45, 7) is 4.34. The number of urea groups is 1. The average Bonchev–Trinajstić information content (AvgIpc) is 2.69. The molecular weight excluding hydrogens is 408 g/mol. The average molecular weight is 436 g/mol.